The highest BCUT2D eigenvalue weighted by molar-refractivity contribution is 5.51. The van der Waals surface area contributed by atoms with Crippen molar-refractivity contribution in [3.05, 3.63) is 53.3 Å². The van der Waals surface area contributed by atoms with Gasteiger partial charge in [0, 0.05) is 11.8 Å². The zero-order valence-corrected chi connectivity index (χ0v) is 9.77. The summed E-state index contributed by atoms with van der Waals surface area (Å²) >= 11 is 0. The summed E-state index contributed by atoms with van der Waals surface area (Å²) in [4.78, 5) is 0. The van der Waals surface area contributed by atoms with Crippen LogP contribution in [0.1, 0.15) is 11.1 Å². The van der Waals surface area contributed by atoms with Gasteiger partial charge in [0.05, 0.1) is 5.56 Å². The lowest BCUT2D eigenvalue weighted by molar-refractivity contribution is 0.475. The minimum atomic E-state index is -0.469. The van der Waals surface area contributed by atoms with Crippen LogP contribution in [0.2, 0.25) is 0 Å². The van der Waals surface area contributed by atoms with E-state index in [1.54, 1.807) is 12.1 Å². The predicted molar refractivity (Wildman–Crippen MR) is 66.8 cm³/mol. The maximum atomic E-state index is 13.0. The summed E-state index contributed by atoms with van der Waals surface area (Å²) in [5.74, 6) is 0.397. The van der Waals surface area contributed by atoms with E-state index >= 15 is 0 Å². The van der Waals surface area contributed by atoms with E-state index in [0.29, 0.717) is 17.2 Å². The molecule has 0 saturated heterocycles. The Labute approximate surface area is 104 Å². The fourth-order valence-electron chi connectivity index (χ4n) is 1.52. The van der Waals surface area contributed by atoms with E-state index < -0.39 is 5.82 Å². The van der Waals surface area contributed by atoms with Crippen molar-refractivity contribution in [1.82, 2.24) is 0 Å². The van der Waals surface area contributed by atoms with Gasteiger partial charge in [0.25, 0.3) is 0 Å². The lowest BCUT2D eigenvalue weighted by Crippen LogP contribution is -1.93. The molecular formula is C14H11FN2O. The molecule has 0 aromatic heterocycles. The van der Waals surface area contributed by atoms with Crippen LogP contribution >= 0.6 is 0 Å². The summed E-state index contributed by atoms with van der Waals surface area (Å²) in [6.07, 6.45) is 0. The molecule has 18 heavy (non-hydrogen) atoms. The van der Waals surface area contributed by atoms with E-state index in [9.17, 15) is 4.39 Å². The van der Waals surface area contributed by atoms with Crippen molar-refractivity contribution in [2.24, 2.45) is 0 Å². The first-order valence-electron chi connectivity index (χ1n) is 5.34. The van der Waals surface area contributed by atoms with Gasteiger partial charge in [-0.15, -0.1) is 0 Å². The molecule has 0 amide bonds. The van der Waals surface area contributed by atoms with Gasteiger partial charge in [-0.3, -0.25) is 0 Å². The Balaban J connectivity index is 2.40. The Morgan fingerprint density at radius 3 is 2.67 bits per heavy atom. The molecule has 0 unspecified atom stereocenters. The molecule has 4 heteroatoms. The second kappa shape index (κ2) is 4.76. The summed E-state index contributed by atoms with van der Waals surface area (Å²) < 4.78 is 18.6. The second-order valence-corrected chi connectivity index (χ2v) is 3.88. The van der Waals surface area contributed by atoms with Gasteiger partial charge in [-0.05, 0) is 36.8 Å². The highest BCUT2D eigenvalue weighted by atomic mass is 19.1. The van der Waals surface area contributed by atoms with E-state index in [1.165, 1.54) is 12.1 Å². The average Bonchev–Trinajstić information content (AvgIpc) is 2.36. The van der Waals surface area contributed by atoms with Crippen LogP contribution in [0.3, 0.4) is 0 Å². The molecule has 3 nitrogen and oxygen atoms in total. The minimum Gasteiger partial charge on any atom is -0.456 e. The molecule has 0 bridgehead atoms. The van der Waals surface area contributed by atoms with E-state index in [1.807, 2.05) is 19.1 Å². The summed E-state index contributed by atoms with van der Waals surface area (Å²) in [6.45, 7) is 1.87. The zero-order valence-electron chi connectivity index (χ0n) is 9.77. The first-order valence-corrected chi connectivity index (χ1v) is 5.34. The molecule has 90 valence electrons. The zero-order chi connectivity index (χ0) is 13.1. The number of nitrogens with zero attached hydrogens (tertiary/aromatic N) is 1. The van der Waals surface area contributed by atoms with Crippen LogP contribution in [0.5, 0.6) is 11.5 Å². The topological polar surface area (TPSA) is 59.0 Å². The van der Waals surface area contributed by atoms with Gasteiger partial charge >= 0.3 is 0 Å². The SMILES string of the molecule is Cc1ccc(N)cc1Oc1ccc(F)cc1C#N. The molecule has 0 fully saturated rings. The number of benzene rings is 2. The van der Waals surface area contributed by atoms with Gasteiger partial charge in [0.15, 0.2) is 0 Å². The monoisotopic (exact) mass is 242 g/mol. The molecule has 2 rings (SSSR count). The molecule has 0 aliphatic heterocycles. The summed E-state index contributed by atoms with van der Waals surface area (Å²) in [6, 6.07) is 11.0. The van der Waals surface area contributed by atoms with Crippen molar-refractivity contribution in [3.8, 4) is 17.6 Å². The number of ether oxygens (including phenoxy) is 1. The lowest BCUT2D eigenvalue weighted by Gasteiger charge is -2.10. The summed E-state index contributed by atoms with van der Waals surface area (Å²) in [5.41, 5.74) is 7.27. The minimum absolute atomic E-state index is 0.150. The third-order valence-electron chi connectivity index (χ3n) is 2.49. The van der Waals surface area contributed by atoms with Crippen LogP contribution in [0.4, 0.5) is 10.1 Å². The van der Waals surface area contributed by atoms with Crippen molar-refractivity contribution in [2.75, 3.05) is 5.73 Å². The fraction of sp³-hybridized carbons (Fsp3) is 0.0714. The van der Waals surface area contributed by atoms with Crippen molar-refractivity contribution >= 4 is 5.69 Å². The van der Waals surface area contributed by atoms with Gasteiger partial charge in [-0.25, -0.2) is 4.39 Å². The van der Waals surface area contributed by atoms with Crippen LogP contribution in [0.15, 0.2) is 36.4 Å². The normalized spacial score (nSPS) is 9.83. The van der Waals surface area contributed by atoms with E-state index in [2.05, 4.69) is 0 Å². The molecular weight excluding hydrogens is 231 g/mol. The van der Waals surface area contributed by atoms with Gasteiger partial charge in [-0.2, -0.15) is 5.26 Å². The number of anilines is 1. The number of aryl methyl sites for hydroxylation is 1. The van der Waals surface area contributed by atoms with Crippen LogP contribution in [0.25, 0.3) is 0 Å². The Kier molecular flexibility index (Phi) is 3.16. The van der Waals surface area contributed by atoms with Crippen LogP contribution in [-0.4, -0.2) is 0 Å². The van der Waals surface area contributed by atoms with Crippen LogP contribution in [0, 0.1) is 24.1 Å². The standard InChI is InChI=1S/C14H11FN2O/c1-9-2-4-12(17)7-14(9)18-13-5-3-11(15)6-10(13)8-16/h2-7H,17H2,1H3. The molecule has 2 aromatic carbocycles. The van der Waals surface area contributed by atoms with Crippen molar-refractivity contribution in [2.45, 2.75) is 6.92 Å². The Morgan fingerprint density at radius 2 is 1.94 bits per heavy atom. The first-order chi connectivity index (χ1) is 8.60. The predicted octanol–water partition coefficient (Wildman–Crippen LogP) is 3.38. The molecule has 0 aliphatic rings. The molecule has 2 N–H and O–H groups in total. The number of nitrogens with two attached hydrogens (primary N) is 1. The second-order valence-electron chi connectivity index (χ2n) is 3.88. The van der Waals surface area contributed by atoms with E-state index in [-0.39, 0.29) is 5.56 Å². The molecule has 0 radical (unpaired) electrons. The quantitative estimate of drug-likeness (QED) is 0.821. The number of nitriles is 1. The molecule has 0 aliphatic carbocycles. The lowest BCUT2D eigenvalue weighted by atomic mass is 10.2. The van der Waals surface area contributed by atoms with Gasteiger partial charge in [0.1, 0.15) is 23.4 Å². The van der Waals surface area contributed by atoms with Crippen LogP contribution < -0.4 is 10.5 Å². The highest BCUT2D eigenvalue weighted by Gasteiger charge is 2.08. The third kappa shape index (κ3) is 2.41. The van der Waals surface area contributed by atoms with Crippen molar-refractivity contribution < 1.29 is 9.13 Å². The Bertz CT molecular complexity index is 632. The Hall–Kier alpha value is -2.54. The Morgan fingerprint density at radius 1 is 1.17 bits per heavy atom. The number of nitrogen functional groups attached to an aromatic ring is 1. The van der Waals surface area contributed by atoms with Crippen molar-refractivity contribution in [3.63, 3.8) is 0 Å². The number of hydrogen-bond acceptors (Lipinski definition) is 3. The highest BCUT2D eigenvalue weighted by Crippen LogP contribution is 2.29. The van der Waals surface area contributed by atoms with Gasteiger partial charge in [-0.1, -0.05) is 6.07 Å². The maximum absolute atomic E-state index is 13.0. The fourth-order valence-corrected chi connectivity index (χ4v) is 1.52. The molecule has 2 aromatic rings. The number of halogens is 1. The molecule has 0 saturated carbocycles. The van der Waals surface area contributed by atoms with Crippen molar-refractivity contribution in [1.29, 1.82) is 5.26 Å². The summed E-state index contributed by atoms with van der Waals surface area (Å²) in [5, 5.41) is 8.92. The maximum Gasteiger partial charge on any atom is 0.145 e. The largest absolute Gasteiger partial charge is 0.456 e. The van der Waals surface area contributed by atoms with Gasteiger partial charge < -0.3 is 10.5 Å². The number of hydrogen-bond donors (Lipinski definition) is 1. The first kappa shape index (κ1) is 11.9. The van der Waals surface area contributed by atoms with Gasteiger partial charge in [0.2, 0.25) is 0 Å². The van der Waals surface area contributed by atoms with E-state index in [4.69, 9.17) is 15.7 Å². The third-order valence-corrected chi connectivity index (χ3v) is 2.49. The van der Waals surface area contributed by atoms with Crippen LogP contribution in [-0.2, 0) is 0 Å². The molecule has 0 atom stereocenters. The van der Waals surface area contributed by atoms with E-state index in [0.717, 1.165) is 11.6 Å². The molecule has 0 heterocycles. The smallest absolute Gasteiger partial charge is 0.145 e. The number of rotatable bonds is 2. The molecule has 0 spiro atoms. The average molecular weight is 242 g/mol. The summed E-state index contributed by atoms with van der Waals surface area (Å²) in [7, 11) is 0.